The number of hydrogen-bond donors (Lipinski definition) is 2. The molecule has 0 atom stereocenters. The number of hydrazine groups is 1. The molecule has 0 saturated heterocycles. The predicted molar refractivity (Wildman–Crippen MR) is 81.2 cm³/mol. The molecule has 0 aliphatic heterocycles. The monoisotopic (exact) mass is 255 g/mol. The van der Waals surface area contributed by atoms with Crippen LogP contribution in [0.3, 0.4) is 0 Å². The Kier molecular flexibility index (Phi) is 4.20. The second kappa shape index (κ2) is 5.87. The number of rotatable bonds is 4. The van der Waals surface area contributed by atoms with Gasteiger partial charge in [0.05, 0.1) is 11.4 Å². The van der Waals surface area contributed by atoms with E-state index in [2.05, 4.69) is 19.9 Å². The molecule has 0 aromatic heterocycles. The molecule has 2 aromatic rings. The van der Waals surface area contributed by atoms with Gasteiger partial charge in [-0.05, 0) is 29.2 Å². The average molecular weight is 255 g/mol. The van der Waals surface area contributed by atoms with Crippen molar-refractivity contribution in [1.29, 1.82) is 0 Å². The minimum Gasteiger partial charge on any atom is -0.326 e. The Hall–Kier alpha value is -1.84. The van der Waals surface area contributed by atoms with Crippen LogP contribution in [0.4, 0.5) is 11.4 Å². The van der Waals surface area contributed by atoms with Crippen molar-refractivity contribution < 1.29 is 0 Å². The molecular formula is C16H21N3. The summed E-state index contributed by atoms with van der Waals surface area (Å²) in [4.78, 5) is 0. The minimum atomic E-state index is 0.423. The maximum absolute atomic E-state index is 6.31. The molecule has 2 aromatic carbocycles. The van der Waals surface area contributed by atoms with Gasteiger partial charge in [-0.1, -0.05) is 50.2 Å². The van der Waals surface area contributed by atoms with E-state index < -0.39 is 0 Å². The van der Waals surface area contributed by atoms with Crippen molar-refractivity contribution in [2.45, 2.75) is 26.3 Å². The van der Waals surface area contributed by atoms with E-state index >= 15 is 0 Å². The first-order valence-electron chi connectivity index (χ1n) is 6.57. The number of anilines is 2. The molecule has 0 amide bonds. The van der Waals surface area contributed by atoms with E-state index in [4.69, 9.17) is 11.6 Å². The molecule has 0 unspecified atom stereocenters. The van der Waals surface area contributed by atoms with Crippen LogP contribution in [0.1, 0.15) is 30.9 Å². The number of benzene rings is 2. The first-order valence-corrected chi connectivity index (χ1v) is 6.57. The van der Waals surface area contributed by atoms with Crippen LogP contribution in [0.5, 0.6) is 0 Å². The molecule has 0 aliphatic carbocycles. The summed E-state index contributed by atoms with van der Waals surface area (Å²) < 4.78 is 0. The Balaban J connectivity index is 2.47. The second-order valence-corrected chi connectivity index (χ2v) is 4.92. The maximum Gasteiger partial charge on any atom is 0.0620 e. The van der Waals surface area contributed by atoms with Gasteiger partial charge in [-0.2, -0.15) is 0 Å². The van der Waals surface area contributed by atoms with E-state index in [-0.39, 0.29) is 0 Å². The molecule has 0 saturated carbocycles. The molecule has 19 heavy (non-hydrogen) atoms. The fourth-order valence-corrected chi connectivity index (χ4v) is 2.24. The smallest absolute Gasteiger partial charge is 0.0620 e. The molecule has 0 fully saturated rings. The lowest BCUT2D eigenvalue weighted by atomic mass is 10.0. The first kappa shape index (κ1) is 13.6. The largest absolute Gasteiger partial charge is 0.326 e. The van der Waals surface area contributed by atoms with Gasteiger partial charge in [0.15, 0.2) is 0 Å². The summed E-state index contributed by atoms with van der Waals surface area (Å²) in [6, 6.07) is 16.2. The van der Waals surface area contributed by atoms with E-state index in [1.54, 1.807) is 5.01 Å². The number of nitrogens with two attached hydrogens (primary N) is 2. The van der Waals surface area contributed by atoms with Crippen LogP contribution in [0.2, 0.25) is 0 Å². The molecule has 4 N–H and O–H groups in total. The summed E-state index contributed by atoms with van der Waals surface area (Å²) in [5, 5.41) is 1.73. The fourth-order valence-electron chi connectivity index (χ4n) is 2.24. The summed E-state index contributed by atoms with van der Waals surface area (Å²) in [6.07, 6.45) is 0. The van der Waals surface area contributed by atoms with Crippen molar-refractivity contribution in [2.75, 3.05) is 5.01 Å². The molecule has 0 aliphatic rings. The van der Waals surface area contributed by atoms with Crippen LogP contribution in [0.25, 0.3) is 0 Å². The SMILES string of the molecule is CC(C)c1ccccc1N(N)c1ccccc1CN. The van der Waals surface area contributed by atoms with Crippen molar-refractivity contribution >= 4 is 11.4 Å². The first-order chi connectivity index (χ1) is 9.15. The third kappa shape index (κ3) is 2.78. The topological polar surface area (TPSA) is 55.3 Å². The molecule has 3 nitrogen and oxygen atoms in total. The number of para-hydroxylation sites is 2. The van der Waals surface area contributed by atoms with Gasteiger partial charge in [0.2, 0.25) is 0 Å². The minimum absolute atomic E-state index is 0.423. The van der Waals surface area contributed by atoms with Crippen LogP contribution < -0.4 is 16.6 Å². The summed E-state index contributed by atoms with van der Waals surface area (Å²) in [5.74, 6) is 6.73. The molecule has 0 bridgehead atoms. The zero-order chi connectivity index (χ0) is 13.8. The van der Waals surface area contributed by atoms with Gasteiger partial charge in [-0.15, -0.1) is 0 Å². The number of nitrogens with zero attached hydrogens (tertiary/aromatic N) is 1. The highest BCUT2D eigenvalue weighted by molar-refractivity contribution is 5.68. The lowest BCUT2D eigenvalue weighted by molar-refractivity contribution is 0.856. The van der Waals surface area contributed by atoms with Crippen molar-refractivity contribution in [2.24, 2.45) is 11.6 Å². The molecule has 2 rings (SSSR count). The van der Waals surface area contributed by atoms with Crippen molar-refractivity contribution in [1.82, 2.24) is 0 Å². The van der Waals surface area contributed by atoms with Gasteiger partial charge >= 0.3 is 0 Å². The van der Waals surface area contributed by atoms with Crippen molar-refractivity contribution in [3.63, 3.8) is 0 Å². The Labute approximate surface area is 114 Å². The van der Waals surface area contributed by atoms with Gasteiger partial charge < -0.3 is 5.73 Å². The third-order valence-corrected chi connectivity index (χ3v) is 3.29. The van der Waals surface area contributed by atoms with Crippen LogP contribution >= 0.6 is 0 Å². The highest BCUT2D eigenvalue weighted by atomic mass is 15.4. The Bertz CT molecular complexity index is 549. The summed E-state index contributed by atoms with van der Waals surface area (Å²) in [6.45, 7) is 4.82. The average Bonchev–Trinajstić information content (AvgIpc) is 2.46. The van der Waals surface area contributed by atoms with Gasteiger partial charge in [0.1, 0.15) is 0 Å². The summed E-state index contributed by atoms with van der Waals surface area (Å²) in [5.41, 5.74) is 10.0. The standard InChI is InChI=1S/C16H21N3/c1-12(2)14-8-4-6-10-16(14)19(18)15-9-5-3-7-13(15)11-17/h3-10,12H,11,17-18H2,1-2H3. The number of hydrogen-bond acceptors (Lipinski definition) is 3. The van der Waals surface area contributed by atoms with Gasteiger partial charge in [-0.3, -0.25) is 5.01 Å². The Morgan fingerprint density at radius 2 is 1.53 bits per heavy atom. The Morgan fingerprint density at radius 3 is 2.16 bits per heavy atom. The quantitative estimate of drug-likeness (QED) is 0.651. The summed E-state index contributed by atoms with van der Waals surface area (Å²) in [7, 11) is 0. The van der Waals surface area contributed by atoms with Crippen LogP contribution in [-0.2, 0) is 6.54 Å². The fraction of sp³-hybridized carbons (Fsp3) is 0.250. The molecule has 3 heteroatoms. The van der Waals surface area contributed by atoms with E-state index in [9.17, 15) is 0 Å². The Morgan fingerprint density at radius 1 is 0.947 bits per heavy atom. The van der Waals surface area contributed by atoms with Gasteiger partial charge in [-0.25, -0.2) is 5.84 Å². The van der Waals surface area contributed by atoms with Crippen LogP contribution in [-0.4, -0.2) is 0 Å². The lowest BCUT2D eigenvalue weighted by Crippen LogP contribution is -2.27. The molecule has 0 heterocycles. The normalized spacial score (nSPS) is 10.8. The van der Waals surface area contributed by atoms with Gasteiger partial charge in [0.25, 0.3) is 0 Å². The van der Waals surface area contributed by atoms with Gasteiger partial charge in [0, 0.05) is 6.54 Å². The summed E-state index contributed by atoms with van der Waals surface area (Å²) >= 11 is 0. The molecule has 0 radical (unpaired) electrons. The highest BCUT2D eigenvalue weighted by Crippen LogP contribution is 2.31. The zero-order valence-electron chi connectivity index (χ0n) is 11.5. The maximum atomic E-state index is 6.31. The predicted octanol–water partition coefficient (Wildman–Crippen LogP) is 3.28. The van der Waals surface area contributed by atoms with E-state index in [1.807, 2.05) is 42.5 Å². The molecule has 100 valence electrons. The molecular weight excluding hydrogens is 234 g/mol. The van der Waals surface area contributed by atoms with Crippen molar-refractivity contribution in [3.8, 4) is 0 Å². The third-order valence-electron chi connectivity index (χ3n) is 3.29. The molecule has 0 spiro atoms. The van der Waals surface area contributed by atoms with E-state index in [0.717, 1.165) is 16.9 Å². The lowest BCUT2D eigenvalue weighted by Gasteiger charge is -2.25. The van der Waals surface area contributed by atoms with E-state index in [0.29, 0.717) is 12.5 Å². The van der Waals surface area contributed by atoms with Crippen LogP contribution in [0.15, 0.2) is 48.5 Å². The van der Waals surface area contributed by atoms with E-state index in [1.165, 1.54) is 5.56 Å². The zero-order valence-corrected chi connectivity index (χ0v) is 11.5. The second-order valence-electron chi connectivity index (χ2n) is 4.92. The van der Waals surface area contributed by atoms with Crippen LogP contribution in [0, 0.1) is 0 Å². The highest BCUT2D eigenvalue weighted by Gasteiger charge is 2.13. The van der Waals surface area contributed by atoms with Crippen molar-refractivity contribution in [3.05, 3.63) is 59.7 Å².